The van der Waals surface area contributed by atoms with Crippen LogP contribution < -0.4 is 10.1 Å². The van der Waals surface area contributed by atoms with Crippen LogP contribution >= 0.6 is 0 Å². The predicted molar refractivity (Wildman–Crippen MR) is 94.8 cm³/mol. The van der Waals surface area contributed by atoms with E-state index in [1.54, 1.807) is 7.11 Å². The molecule has 0 unspecified atom stereocenters. The Labute approximate surface area is 137 Å². The highest BCUT2D eigenvalue weighted by Gasteiger charge is 2.25. The van der Waals surface area contributed by atoms with Gasteiger partial charge in [0.2, 0.25) is 0 Å². The van der Waals surface area contributed by atoms with E-state index in [9.17, 15) is 4.79 Å². The molecule has 3 heteroatoms. The number of nitrogens with one attached hydrogen (secondary N) is 1. The number of benzene rings is 2. The topological polar surface area (TPSA) is 38.3 Å². The average molecular weight is 307 g/mol. The van der Waals surface area contributed by atoms with Gasteiger partial charge in [0.05, 0.1) is 7.11 Å². The minimum Gasteiger partial charge on any atom is -0.496 e. The van der Waals surface area contributed by atoms with E-state index in [4.69, 9.17) is 4.74 Å². The molecule has 118 valence electrons. The summed E-state index contributed by atoms with van der Waals surface area (Å²) in [5, 5.41) is 2.94. The van der Waals surface area contributed by atoms with Crippen LogP contribution in [0.15, 0.2) is 36.4 Å². The van der Waals surface area contributed by atoms with Gasteiger partial charge in [-0.3, -0.25) is 4.79 Å². The number of methoxy groups -OCH3 is 1. The van der Waals surface area contributed by atoms with Gasteiger partial charge in [-0.1, -0.05) is 32.0 Å². The Morgan fingerprint density at radius 2 is 1.96 bits per heavy atom. The van der Waals surface area contributed by atoms with Crippen LogP contribution in [0.1, 0.15) is 42.0 Å². The Hall–Kier alpha value is -2.55. The first-order chi connectivity index (χ1) is 11.0. The number of ether oxygens (including phenoxy) is 1. The minimum atomic E-state index is -0.0452. The highest BCUT2D eigenvalue weighted by molar-refractivity contribution is 6.35. The maximum atomic E-state index is 12.3. The molecule has 0 spiro atoms. The third-order valence-corrected chi connectivity index (χ3v) is 4.22. The molecule has 0 saturated carbocycles. The molecule has 2 aromatic rings. The van der Waals surface area contributed by atoms with E-state index in [1.165, 1.54) is 0 Å². The summed E-state index contributed by atoms with van der Waals surface area (Å²) in [6.45, 7) is 6.30. The van der Waals surface area contributed by atoms with Crippen molar-refractivity contribution in [2.45, 2.75) is 26.7 Å². The van der Waals surface area contributed by atoms with E-state index in [0.717, 1.165) is 39.3 Å². The zero-order valence-corrected chi connectivity index (χ0v) is 13.9. The third-order valence-electron chi connectivity index (χ3n) is 4.22. The van der Waals surface area contributed by atoms with Crippen molar-refractivity contribution < 1.29 is 9.53 Å². The van der Waals surface area contributed by atoms with Crippen molar-refractivity contribution in [1.29, 1.82) is 0 Å². The molecule has 2 aromatic carbocycles. The lowest BCUT2D eigenvalue weighted by atomic mass is 9.96. The number of amides is 1. The van der Waals surface area contributed by atoms with Crippen LogP contribution in [0.2, 0.25) is 0 Å². The SMILES string of the molecule is COc1ccc(C=C2C(=O)Nc3cccc(C)c32)cc1C(C)C. The smallest absolute Gasteiger partial charge is 0.256 e. The minimum absolute atomic E-state index is 0.0452. The Morgan fingerprint density at radius 1 is 1.17 bits per heavy atom. The number of carbonyl (C=O) groups excluding carboxylic acids is 1. The number of carbonyl (C=O) groups is 1. The number of anilines is 1. The van der Waals surface area contributed by atoms with Gasteiger partial charge in [-0.2, -0.15) is 0 Å². The summed E-state index contributed by atoms with van der Waals surface area (Å²) in [5.41, 5.74) is 5.86. The van der Waals surface area contributed by atoms with Crippen LogP contribution in [0.3, 0.4) is 0 Å². The molecule has 0 fully saturated rings. The lowest BCUT2D eigenvalue weighted by Crippen LogP contribution is -2.03. The van der Waals surface area contributed by atoms with Crippen LogP contribution in [0.4, 0.5) is 5.69 Å². The molecular weight excluding hydrogens is 286 g/mol. The average Bonchev–Trinajstić information content (AvgIpc) is 2.84. The second kappa shape index (κ2) is 5.92. The molecule has 0 atom stereocenters. The standard InChI is InChI=1S/C20H21NO2/c1-12(2)15-10-14(8-9-18(15)23-4)11-16-19-13(3)6-5-7-17(19)21-20(16)22/h5-12H,1-4H3,(H,21,22). The largest absolute Gasteiger partial charge is 0.496 e. The Bertz CT molecular complexity index is 803. The summed E-state index contributed by atoms with van der Waals surface area (Å²) in [5.74, 6) is 1.19. The molecule has 0 aromatic heterocycles. The monoisotopic (exact) mass is 307 g/mol. The van der Waals surface area contributed by atoms with E-state index < -0.39 is 0 Å². The molecule has 1 heterocycles. The second-order valence-corrected chi connectivity index (χ2v) is 6.17. The van der Waals surface area contributed by atoms with Crippen LogP contribution in [0.5, 0.6) is 5.75 Å². The Kier molecular flexibility index (Phi) is 3.95. The number of hydrogen-bond acceptors (Lipinski definition) is 2. The van der Waals surface area contributed by atoms with Crippen LogP contribution in [0, 0.1) is 6.92 Å². The van der Waals surface area contributed by atoms with Gasteiger partial charge in [0.15, 0.2) is 0 Å². The number of fused-ring (bicyclic) bond motifs is 1. The lowest BCUT2D eigenvalue weighted by molar-refractivity contribution is -0.110. The van der Waals surface area contributed by atoms with Crippen molar-refractivity contribution in [1.82, 2.24) is 0 Å². The van der Waals surface area contributed by atoms with Gasteiger partial charge in [0.1, 0.15) is 5.75 Å². The summed E-state index contributed by atoms with van der Waals surface area (Å²) in [6.07, 6.45) is 1.96. The van der Waals surface area contributed by atoms with Crippen molar-refractivity contribution in [3.8, 4) is 5.75 Å². The predicted octanol–water partition coefficient (Wildman–Crippen LogP) is 4.62. The van der Waals surface area contributed by atoms with E-state index in [2.05, 4.69) is 25.2 Å². The molecule has 1 N–H and O–H groups in total. The lowest BCUT2D eigenvalue weighted by Gasteiger charge is -2.12. The molecular formula is C20H21NO2. The van der Waals surface area contributed by atoms with Crippen molar-refractivity contribution in [3.63, 3.8) is 0 Å². The van der Waals surface area contributed by atoms with E-state index in [1.807, 2.05) is 43.3 Å². The van der Waals surface area contributed by atoms with Crippen LogP contribution in [0.25, 0.3) is 11.6 Å². The summed E-state index contributed by atoms with van der Waals surface area (Å²) >= 11 is 0. The van der Waals surface area contributed by atoms with Gasteiger partial charge in [0, 0.05) is 16.8 Å². The first-order valence-corrected chi connectivity index (χ1v) is 7.82. The van der Waals surface area contributed by atoms with Gasteiger partial charge in [-0.15, -0.1) is 0 Å². The molecule has 3 nitrogen and oxygen atoms in total. The summed E-state index contributed by atoms with van der Waals surface area (Å²) < 4.78 is 5.43. The number of hydrogen-bond donors (Lipinski definition) is 1. The molecule has 1 amide bonds. The molecule has 0 radical (unpaired) electrons. The molecule has 1 aliphatic heterocycles. The summed E-state index contributed by atoms with van der Waals surface area (Å²) in [6, 6.07) is 12.0. The van der Waals surface area contributed by atoms with Gasteiger partial charge >= 0.3 is 0 Å². The van der Waals surface area contributed by atoms with E-state index in [0.29, 0.717) is 5.92 Å². The Morgan fingerprint density at radius 3 is 2.65 bits per heavy atom. The highest BCUT2D eigenvalue weighted by atomic mass is 16.5. The molecule has 0 saturated heterocycles. The maximum absolute atomic E-state index is 12.3. The normalized spacial score (nSPS) is 15.0. The fraction of sp³-hybridized carbons (Fsp3) is 0.250. The molecule has 1 aliphatic rings. The van der Waals surface area contributed by atoms with Crippen molar-refractivity contribution >= 4 is 23.2 Å². The maximum Gasteiger partial charge on any atom is 0.256 e. The van der Waals surface area contributed by atoms with Gasteiger partial charge in [0.25, 0.3) is 5.91 Å². The van der Waals surface area contributed by atoms with Crippen molar-refractivity contribution in [2.24, 2.45) is 0 Å². The summed E-state index contributed by atoms with van der Waals surface area (Å²) in [7, 11) is 1.68. The first kappa shape index (κ1) is 15.3. The zero-order valence-electron chi connectivity index (χ0n) is 13.9. The number of aryl methyl sites for hydroxylation is 1. The highest BCUT2D eigenvalue weighted by Crippen LogP contribution is 2.36. The Balaban J connectivity index is 2.10. The van der Waals surface area contributed by atoms with Crippen molar-refractivity contribution in [2.75, 3.05) is 12.4 Å². The summed E-state index contributed by atoms with van der Waals surface area (Å²) in [4.78, 5) is 12.3. The quantitative estimate of drug-likeness (QED) is 0.840. The fourth-order valence-electron chi connectivity index (χ4n) is 3.03. The molecule has 0 bridgehead atoms. The molecule has 23 heavy (non-hydrogen) atoms. The van der Waals surface area contributed by atoms with Crippen LogP contribution in [-0.2, 0) is 4.79 Å². The van der Waals surface area contributed by atoms with Gasteiger partial charge in [-0.05, 0) is 53.8 Å². The van der Waals surface area contributed by atoms with Crippen LogP contribution in [-0.4, -0.2) is 13.0 Å². The fourth-order valence-corrected chi connectivity index (χ4v) is 3.03. The first-order valence-electron chi connectivity index (χ1n) is 7.82. The molecule has 3 rings (SSSR count). The number of rotatable bonds is 3. The van der Waals surface area contributed by atoms with E-state index in [-0.39, 0.29) is 5.91 Å². The third kappa shape index (κ3) is 2.74. The zero-order chi connectivity index (χ0) is 16.6. The molecule has 0 aliphatic carbocycles. The van der Waals surface area contributed by atoms with Crippen molar-refractivity contribution in [3.05, 3.63) is 58.7 Å². The second-order valence-electron chi connectivity index (χ2n) is 6.17. The van der Waals surface area contributed by atoms with E-state index >= 15 is 0 Å². The van der Waals surface area contributed by atoms with Gasteiger partial charge < -0.3 is 10.1 Å². The van der Waals surface area contributed by atoms with Gasteiger partial charge in [-0.25, -0.2) is 0 Å².